The predicted octanol–water partition coefficient (Wildman–Crippen LogP) is 1.20. The van der Waals surface area contributed by atoms with E-state index in [2.05, 4.69) is 31.9 Å². The van der Waals surface area contributed by atoms with Crippen LogP contribution >= 0.6 is 0 Å². The first-order valence-electron chi connectivity index (χ1n) is 5.97. The van der Waals surface area contributed by atoms with E-state index in [0.29, 0.717) is 24.9 Å². The van der Waals surface area contributed by atoms with E-state index in [9.17, 15) is 0 Å². The number of aromatic nitrogens is 4. The summed E-state index contributed by atoms with van der Waals surface area (Å²) in [4.78, 5) is 14.5. The van der Waals surface area contributed by atoms with Crippen LogP contribution in [0.5, 0.6) is 0 Å². The van der Waals surface area contributed by atoms with Gasteiger partial charge in [0.05, 0.1) is 12.2 Å². The molecule has 0 unspecified atom stereocenters. The van der Waals surface area contributed by atoms with Crippen molar-refractivity contribution in [3.05, 3.63) is 36.0 Å². The van der Waals surface area contributed by atoms with Crippen molar-refractivity contribution in [2.24, 2.45) is 0 Å². The fourth-order valence-corrected chi connectivity index (χ4v) is 1.67. The molecule has 0 aliphatic carbocycles. The van der Waals surface area contributed by atoms with Gasteiger partial charge < -0.3 is 9.26 Å². The zero-order chi connectivity index (χ0) is 13.7. The molecule has 2 rings (SSSR count). The predicted molar refractivity (Wildman–Crippen MR) is 66.9 cm³/mol. The second kappa shape index (κ2) is 6.35. The van der Waals surface area contributed by atoms with E-state index in [0.717, 1.165) is 5.69 Å². The minimum absolute atomic E-state index is 0.146. The van der Waals surface area contributed by atoms with Crippen LogP contribution in [-0.4, -0.2) is 39.2 Å². The summed E-state index contributed by atoms with van der Waals surface area (Å²) in [6, 6.07) is 2.04. The molecular formula is C12H17N5O2. The topological polar surface area (TPSA) is 77.2 Å². The summed E-state index contributed by atoms with van der Waals surface area (Å²) in [5.41, 5.74) is 0.957. The van der Waals surface area contributed by atoms with Crippen LogP contribution in [0.4, 0.5) is 0 Å². The first-order valence-corrected chi connectivity index (χ1v) is 5.97. The van der Waals surface area contributed by atoms with Gasteiger partial charge in [-0.3, -0.25) is 4.90 Å². The molecule has 0 N–H and O–H groups in total. The molecule has 0 bridgehead atoms. The number of nitrogens with zero attached hydrogens (tertiary/aromatic N) is 5. The average Bonchev–Trinajstić information content (AvgIpc) is 2.86. The van der Waals surface area contributed by atoms with Gasteiger partial charge in [-0.05, 0) is 20.0 Å². The third-order valence-corrected chi connectivity index (χ3v) is 2.86. The van der Waals surface area contributed by atoms with Crippen LogP contribution in [0.3, 0.4) is 0 Å². The van der Waals surface area contributed by atoms with Crippen LogP contribution in [-0.2, 0) is 17.9 Å². The Kier molecular flexibility index (Phi) is 4.53. The zero-order valence-corrected chi connectivity index (χ0v) is 11.3. The van der Waals surface area contributed by atoms with Gasteiger partial charge in [0.2, 0.25) is 0 Å². The lowest BCUT2D eigenvalue weighted by molar-refractivity contribution is 0.151. The lowest BCUT2D eigenvalue weighted by Crippen LogP contribution is -2.23. The van der Waals surface area contributed by atoms with Crippen LogP contribution in [0.25, 0.3) is 0 Å². The van der Waals surface area contributed by atoms with Crippen molar-refractivity contribution in [2.75, 3.05) is 14.2 Å². The van der Waals surface area contributed by atoms with Crippen LogP contribution in [0, 0.1) is 0 Å². The molecule has 0 radical (unpaired) electrons. The van der Waals surface area contributed by atoms with E-state index in [-0.39, 0.29) is 6.04 Å². The molecule has 7 nitrogen and oxygen atoms in total. The summed E-state index contributed by atoms with van der Waals surface area (Å²) in [6.07, 6.45) is 3.28. The molecular weight excluding hydrogens is 246 g/mol. The first kappa shape index (κ1) is 13.6. The van der Waals surface area contributed by atoms with Gasteiger partial charge in [0, 0.05) is 19.3 Å². The number of hydrogen-bond acceptors (Lipinski definition) is 7. The number of rotatable bonds is 6. The number of methoxy groups -OCH3 is 1. The third kappa shape index (κ3) is 3.55. The summed E-state index contributed by atoms with van der Waals surface area (Å²) in [5, 5.41) is 3.91. The maximum atomic E-state index is 5.05. The van der Waals surface area contributed by atoms with E-state index >= 15 is 0 Å². The Labute approximate surface area is 111 Å². The minimum Gasteiger partial charge on any atom is -0.375 e. The molecule has 102 valence electrons. The summed E-state index contributed by atoms with van der Waals surface area (Å²) < 4.78 is 9.99. The van der Waals surface area contributed by atoms with Crippen LogP contribution in [0.2, 0.25) is 0 Å². The van der Waals surface area contributed by atoms with Crippen LogP contribution < -0.4 is 0 Å². The fourth-order valence-electron chi connectivity index (χ4n) is 1.67. The van der Waals surface area contributed by atoms with Gasteiger partial charge in [0.15, 0.2) is 5.82 Å². The molecule has 0 fully saturated rings. The molecule has 0 aliphatic rings. The van der Waals surface area contributed by atoms with E-state index in [1.165, 1.54) is 0 Å². The van der Waals surface area contributed by atoms with Gasteiger partial charge in [0.25, 0.3) is 5.89 Å². The van der Waals surface area contributed by atoms with Crippen molar-refractivity contribution in [3.63, 3.8) is 0 Å². The van der Waals surface area contributed by atoms with E-state index in [1.54, 1.807) is 19.6 Å². The van der Waals surface area contributed by atoms with Crippen molar-refractivity contribution in [2.45, 2.75) is 26.1 Å². The summed E-state index contributed by atoms with van der Waals surface area (Å²) >= 11 is 0. The highest BCUT2D eigenvalue weighted by atomic mass is 16.5. The van der Waals surface area contributed by atoms with Gasteiger partial charge in [-0.15, -0.1) is 0 Å². The largest absolute Gasteiger partial charge is 0.375 e. The molecule has 0 saturated carbocycles. The van der Waals surface area contributed by atoms with Crippen molar-refractivity contribution in [1.29, 1.82) is 0 Å². The molecule has 1 atom stereocenters. The second-order valence-electron chi connectivity index (χ2n) is 4.26. The highest BCUT2D eigenvalue weighted by Crippen LogP contribution is 2.17. The van der Waals surface area contributed by atoms with Gasteiger partial charge in [-0.2, -0.15) is 4.98 Å². The molecule has 0 amide bonds. The van der Waals surface area contributed by atoms with Gasteiger partial charge in [-0.1, -0.05) is 5.16 Å². The Hall–Kier alpha value is -1.86. The molecule has 2 heterocycles. The average molecular weight is 263 g/mol. The smallest absolute Gasteiger partial charge is 0.252 e. The van der Waals surface area contributed by atoms with Crippen LogP contribution in [0.1, 0.15) is 30.4 Å². The Morgan fingerprint density at radius 2 is 2.32 bits per heavy atom. The van der Waals surface area contributed by atoms with E-state index in [4.69, 9.17) is 9.26 Å². The van der Waals surface area contributed by atoms with E-state index in [1.807, 2.05) is 13.1 Å². The summed E-state index contributed by atoms with van der Waals surface area (Å²) in [5.74, 6) is 1.12. The highest BCUT2D eigenvalue weighted by Gasteiger charge is 2.16. The zero-order valence-electron chi connectivity index (χ0n) is 11.3. The van der Waals surface area contributed by atoms with Gasteiger partial charge >= 0.3 is 0 Å². The summed E-state index contributed by atoms with van der Waals surface area (Å²) in [6.45, 7) is 2.98. The SMILES string of the molecule is COCc1nc(CN(C)[C@H](C)c2ccncn2)no1. The monoisotopic (exact) mass is 263 g/mol. The molecule has 0 aromatic carbocycles. The lowest BCUT2D eigenvalue weighted by atomic mass is 10.2. The molecule has 0 spiro atoms. The number of hydrogen-bond donors (Lipinski definition) is 0. The van der Waals surface area contributed by atoms with Crippen molar-refractivity contribution >= 4 is 0 Å². The molecule has 0 aliphatic heterocycles. The molecule has 0 saturated heterocycles. The number of ether oxygens (including phenoxy) is 1. The lowest BCUT2D eigenvalue weighted by Gasteiger charge is -2.22. The minimum atomic E-state index is 0.146. The van der Waals surface area contributed by atoms with Crippen molar-refractivity contribution in [3.8, 4) is 0 Å². The molecule has 2 aromatic heterocycles. The second-order valence-corrected chi connectivity index (χ2v) is 4.26. The maximum absolute atomic E-state index is 5.05. The fraction of sp³-hybridized carbons (Fsp3) is 0.500. The highest BCUT2D eigenvalue weighted by molar-refractivity contribution is 5.03. The van der Waals surface area contributed by atoms with Crippen molar-refractivity contribution in [1.82, 2.24) is 25.0 Å². The molecule has 7 heteroatoms. The van der Waals surface area contributed by atoms with Gasteiger partial charge in [-0.25, -0.2) is 9.97 Å². The molecule has 19 heavy (non-hydrogen) atoms. The van der Waals surface area contributed by atoms with Crippen LogP contribution in [0.15, 0.2) is 23.1 Å². The van der Waals surface area contributed by atoms with Gasteiger partial charge in [0.1, 0.15) is 12.9 Å². The molecule has 2 aromatic rings. The Bertz CT molecular complexity index is 502. The van der Waals surface area contributed by atoms with E-state index < -0.39 is 0 Å². The Morgan fingerprint density at radius 3 is 3.00 bits per heavy atom. The standard InChI is InChI=1S/C12H17N5O2/c1-9(10-4-5-13-8-14-10)17(2)6-11-15-12(7-18-3)19-16-11/h4-5,8-9H,6-7H2,1-3H3/t9-/m1/s1. The third-order valence-electron chi connectivity index (χ3n) is 2.86. The Balaban J connectivity index is 1.98. The summed E-state index contributed by atoms with van der Waals surface area (Å²) in [7, 11) is 3.58. The maximum Gasteiger partial charge on any atom is 0.252 e. The van der Waals surface area contributed by atoms with Crippen molar-refractivity contribution < 1.29 is 9.26 Å². The Morgan fingerprint density at radius 1 is 1.47 bits per heavy atom. The normalized spacial score (nSPS) is 12.8. The quantitative estimate of drug-likeness (QED) is 0.774. The first-order chi connectivity index (χ1) is 9.20.